The molecule has 29 heavy (non-hydrogen) atoms. The zero-order valence-electron chi connectivity index (χ0n) is 15.9. The molecule has 3 atom stereocenters. The molecule has 6 rings (SSSR count). The smallest absolute Gasteiger partial charge is 0.261 e. The van der Waals surface area contributed by atoms with Crippen LogP contribution in [0.25, 0.3) is 0 Å². The molecule has 4 fully saturated rings. The number of halogens is 2. The van der Waals surface area contributed by atoms with E-state index >= 15 is 0 Å². The lowest BCUT2D eigenvalue weighted by atomic mass is 9.80. The molecule has 1 aromatic rings. The van der Waals surface area contributed by atoms with Crippen LogP contribution in [0.3, 0.4) is 0 Å². The third kappa shape index (κ3) is 3.35. The summed E-state index contributed by atoms with van der Waals surface area (Å²) in [5.74, 6) is -0.503. The first kappa shape index (κ1) is 19.0. The van der Waals surface area contributed by atoms with Gasteiger partial charge < -0.3 is 10.6 Å². The Hall–Kier alpha value is -1.96. The number of carbonyl (C=O) groups excluding carboxylic acids is 2. The molecule has 1 aromatic carbocycles. The van der Waals surface area contributed by atoms with E-state index in [1.807, 2.05) is 0 Å². The zero-order valence-corrected chi connectivity index (χ0v) is 16.7. The first-order chi connectivity index (χ1) is 13.9. The summed E-state index contributed by atoms with van der Waals surface area (Å²) in [5, 5.41) is 6.44. The van der Waals surface area contributed by atoms with Crippen LogP contribution in [0, 0.1) is 29.4 Å². The van der Waals surface area contributed by atoms with E-state index in [1.165, 1.54) is 49.9 Å². The van der Waals surface area contributed by atoms with Crippen molar-refractivity contribution in [3.8, 4) is 0 Å². The summed E-state index contributed by atoms with van der Waals surface area (Å²) in [5.41, 5.74) is -0.479. The minimum absolute atomic E-state index is 0.116. The van der Waals surface area contributed by atoms with Crippen molar-refractivity contribution in [2.45, 2.75) is 49.3 Å². The molecule has 8 heteroatoms. The van der Waals surface area contributed by atoms with Gasteiger partial charge in [-0.2, -0.15) is 4.99 Å². The number of carbonyl (C=O) groups is 2. The highest BCUT2D eigenvalue weighted by atomic mass is 32.2. The Morgan fingerprint density at radius 2 is 1.86 bits per heavy atom. The van der Waals surface area contributed by atoms with Crippen molar-refractivity contribution in [2.24, 2.45) is 22.7 Å². The van der Waals surface area contributed by atoms with E-state index in [9.17, 15) is 18.4 Å². The monoisotopic (exact) mass is 419 g/mol. The summed E-state index contributed by atoms with van der Waals surface area (Å²) in [6.45, 7) is 0.150. The van der Waals surface area contributed by atoms with Crippen LogP contribution in [-0.2, 0) is 4.79 Å². The second-order valence-electron chi connectivity index (χ2n) is 8.83. The van der Waals surface area contributed by atoms with Gasteiger partial charge in [0, 0.05) is 12.1 Å². The normalized spacial score (nSPS) is 34.6. The number of hydrogen-bond donors (Lipinski definition) is 2. The number of amidine groups is 1. The van der Waals surface area contributed by atoms with E-state index in [-0.39, 0.29) is 23.2 Å². The molecule has 0 saturated heterocycles. The lowest BCUT2D eigenvalue weighted by Crippen LogP contribution is -2.48. The van der Waals surface area contributed by atoms with Crippen LogP contribution in [-0.4, -0.2) is 34.3 Å². The molecule has 0 aromatic heterocycles. The number of rotatable bonds is 5. The molecule has 2 amide bonds. The van der Waals surface area contributed by atoms with Crippen LogP contribution in [0.5, 0.6) is 0 Å². The molecule has 1 aliphatic heterocycles. The fraction of sp³-hybridized carbons (Fsp3) is 0.571. The highest BCUT2D eigenvalue weighted by Crippen LogP contribution is 2.60. The van der Waals surface area contributed by atoms with Gasteiger partial charge in [-0.1, -0.05) is 17.8 Å². The number of aliphatic imine (C=N–C) groups is 1. The minimum Gasteiger partial charge on any atom is -0.359 e. The lowest BCUT2D eigenvalue weighted by molar-refractivity contribution is -0.117. The largest absolute Gasteiger partial charge is 0.359 e. The number of nitrogens with zero attached hydrogens (tertiary/aromatic N) is 1. The van der Waals surface area contributed by atoms with E-state index in [1.54, 1.807) is 0 Å². The van der Waals surface area contributed by atoms with Crippen LogP contribution < -0.4 is 10.6 Å². The van der Waals surface area contributed by atoms with E-state index in [4.69, 9.17) is 0 Å². The van der Waals surface area contributed by atoms with Gasteiger partial charge in [0.25, 0.3) is 11.8 Å². The van der Waals surface area contributed by atoms with Crippen molar-refractivity contribution in [3.05, 3.63) is 35.4 Å². The maximum absolute atomic E-state index is 13.7. The van der Waals surface area contributed by atoms with Crippen LogP contribution in [0.15, 0.2) is 23.2 Å². The van der Waals surface area contributed by atoms with Gasteiger partial charge in [0.1, 0.15) is 17.2 Å². The van der Waals surface area contributed by atoms with Crippen molar-refractivity contribution in [2.75, 3.05) is 6.54 Å². The molecule has 5 nitrogen and oxygen atoms in total. The minimum atomic E-state index is -0.899. The average Bonchev–Trinajstić information content (AvgIpc) is 3.19. The second kappa shape index (κ2) is 7.07. The Kier molecular flexibility index (Phi) is 4.64. The molecule has 0 radical (unpaired) electrons. The molecule has 5 aliphatic rings. The molecule has 4 aliphatic carbocycles. The van der Waals surface area contributed by atoms with Crippen molar-refractivity contribution < 1.29 is 18.4 Å². The highest BCUT2D eigenvalue weighted by molar-refractivity contribution is 8.15. The lowest BCUT2D eigenvalue weighted by Gasteiger charge is -2.34. The summed E-state index contributed by atoms with van der Waals surface area (Å²) >= 11 is 1.41. The van der Waals surface area contributed by atoms with Gasteiger partial charge in [-0.15, -0.1) is 0 Å². The van der Waals surface area contributed by atoms with Gasteiger partial charge in [0.15, 0.2) is 5.17 Å². The summed E-state index contributed by atoms with van der Waals surface area (Å²) in [6.07, 6.45) is 6.65. The first-order valence-electron chi connectivity index (χ1n) is 10.2. The summed E-state index contributed by atoms with van der Waals surface area (Å²) < 4.78 is 27.4. The number of benzene rings is 1. The van der Waals surface area contributed by atoms with Crippen molar-refractivity contribution in [1.29, 1.82) is 0 Å². The zero-order chi connectivity index (χ0) is 20.2. The molecule has 1 heterocycles. The van der Waals surface area contributed by atoms with Crippen LogP contribution in [0.1, 0.15) is 48.9 Å². The topological polar surface area (TPSA) is 70.6 Å². The van der Waals surface area contributed by atoms with Gasteiger partial charge in [-0.3, -0.25) is 9.59 Å². The molecule has 154 valence electrons. The fourth-order valence-electron chi connectivity index (χ4n) is 5.96. The molecule has 4 bridgehead atoms. The van der Waals surface area contributed by atoms with Crippen LogP contribution in [0.2, 0.25) is 0 Å². The molecule has 3 unspecified atom stereocenters. The number of nitrogens with one attached hydrogen (secondary N) is 2. The Morgan fingerprint density at radius 3 is 2.55 bits per heavy atom. The van der Waals surface area contributed by atoms with Gasteiger partial charge in [-0.25, -0.2) is 8.78 Å². The van der Waals surface area contributed by atoms with Crippen LogP contribution >= 0.6 is 11.8 Å². The quantitative estimate of drug-likeness (QED) is 0.769. The third-order valence-corrected chi connectivity index (χ3v) is 8.11. The predicted octanol–water partition coefficient (Wildman–Crippen LogP) is 3.25. The fourth-order valence-corrected chi connectivity index (χ4v) is 7.02. The maximum Gasteiger partial charge on any atom is 0.261 e. The van der Waals surface area contributed by atoms with E-state index in [2.05, 4.69) is 15.6 Å². The molecule has 0 spiro atoms. The Labute approximate surface area is 172 Å². The van der Waals surface area contributed by atoms with Crippen molar-refractivity contribution in [1.82, 2.24) is 10.6 Å². The second-order valence-corrected chi connectivity index (χ2v) is 10.0. The third-order valence-electron chi connectivity index (χ3n) is 6.97. The molecule has 2 N–H and O–H groups in total. The highest BCUT2D eigenvalue weighted by Gasteiger charge is 2.58. The van der Waals surface area contributed by atoms with Crippen molar-refractivity contribution >= 4 is 28.7 Å². The number of amides is 2. The standard InChI is InChI=1S/C21H23F2N3O2S/c22-14-2-1-3-15(23)17(14)19(28)24-5-4-16-18(27)25-20(29-16)26-21-9-11-6-12(10-21)8-13(21)7-11/h1-3,11-13,16H,4-10H2,(H,24,28)(H,25,26,27). The molecular weight excluding hydrogens is 396 g/mol. The predicted molar refractivity (Wildman–Crippen MR) is 107 cm³/mol. The Bertz CT molecular complexity index is 872. The summed E-state index contributed by atoms with van der Waals surface area (Å²) in [4.78, 5) is 28.6. The number of thioether (sulfide) groups is 1. The SMILES string of the molecule is O=C(NCCC1SC(NC23CC4CC(CC2C4)C3)=NC1=O)c1c(F)cccc1F. The molecular formula is C21H23F2N3O2S. The summed E-state index contributed by atoms with van der Waals surface area (Å²) in [6, 6.07) is 3.30. The van der Waals surface area contributed by atoms with Gasteiger partial charge in [0.05, 0.1) is 5.25 Å². The van der Waals surface area contributed by atoms with E-state index in [0.29, 0.717) is 17.5 Å². The van der Waals surface area contributed by atoms with Crippen molar-refractivity contribution in [3.63, 3.8) is 0 Å². The van der Waals surface area contributed by atoms with Crippen LogP contribution in [0.4, 0.5) is 8.78 Å². The van der Waals surface area contributed by atoms with Gasteiger partial charge in [-0.05, 0) is 68.4 Å². The van der Waals surface area contributed by atoms with Gasteiger partial charge in [0.2, 0.25) is 0 Å². The Balaban J connectivity index is 1.14. The van der Waals surface area contributed by atoms with Gasteiger partial charge >= 0.3 is 0 Å². The molecule has 4 saturated carbocycles. The van der Waals surface area contributed by atoms with E-state index < -0.39 is 23.1 Å². The van der Waals surface area contributed by atoms with E-state index in [0.717, 1.165) is 24.0 Å². The summed E-state index contributed by atoms with van der Waals surface area (Å²) in [7, 11) is 0. The average molecular weight is 419 g/mol. The number of hydrogen-bond acceptors (Lipinski definition) is 4. The first-order valence-corrected chi connectivity index (χ1v) is 11.1. The Morgan fingerprint density at radius 1 is 1.17 bits per heavy atom. The maximum atomic E-state index is 13.7.